The molecule has 15 heavy (non-hydrogen) atoms. The van der Waals surface area contributed by atoms with E-state index in [4.69, 9.17) is 0 Å². The Labute approximate surface area is 96.4 Å². The Balaban J connectivity index is 2.52. The topological polar surface area (TPSA) is 33.2 Å². The Morgan fingerprint density at radius 1 is 1.67 bits per heavy atom. The lowest BCUT2D eigenvalue weighted by Crippen LogP contribution is -2.21. The van der Waals surface area contributed by atoms with Crippen molar-refractivity contribution in [3.63, 3.8) is 0 Å². The van der Waals surface area contributed by atoms with Gasteiger partial charge in [-0.3, -0.25) is 9.78 Å². The molecule has 1 aliphatic heterocycles. The monoisotopic (exact) mass is 276 g/mol. The summed E-state index contributed by atoms with van der Waals surface area (Å²) in [6, 6.07) is 1.94. The average molecular weight is 276 g/mol. The zero-order chi connectivity index (χ0) is 11.0. The highest BCUT2D eigenvalue weighted by atomic mass is 32.6. The minimum Gasteiger partial charge on any atom is -0.337 e. The fourth-order valence-electron chi connectivity index (χ4n) is 1.62. The van der Waals surface area contributed by atoms with Crippen molar-refractivity contribution in [2.45, 2.75) is 6.54 Å². The molecule has 4 atom stereocenters. The summed E-state index contributed by atoms with van der Waals surface area (Å²) < 4.78 is 0. The molecule has 80 valence electrons. The lowest BCUT2D eigenvalue weighted by Gasteiger charge is -2.11. The lowest BCUT2D eigenvalue weighted by atomic mass is 10.2. The van der Waals surface area contributed by atoms with Crippen LogP contribution >= 0.6 is 33.1 Å². The second-order valence-electron chi connectivity index (χ2n) is 3.33. The SMILES string of the molecule is CN1Cc2ccnc(P(P)PP)c2C1=O. The average Bonchev–Trinajstić information content (AvgIpc) is 2.54. The smallest absolute Gasteiger partial charge is 0.256 e. The number of hydrogen-bond donors (Lipinski definition) is 0. The largest absolute Gasteiger partial charge is 0.337 e. The van der Waals surface area contributed by atoms with Crippen LogP contribution in [0.2, 0.25) is 0 Å². The van der Waals surface area contributed by atoms with Crippen LogP contribution in [0.4, 0.5) is 0 Å². The molecule has 1 aromatic rings. The normalized spacial score (nSPS) is 17.5. The summed E-state index contributed by atoms with van der Waals surface area (Å²) in [5, 5.41) is 0. The number of aromatic nitrogens is 1. The second-order valence-corrected chi connectivity index (χ2v) is 12.4. The molecule has 1 aromatic heterocycles. The molecule has 0 spiro atoms. The summed E-state index contributed by atoms with van der Waals surface area (Å²) in [5.41, 5.74) is 2.94. The maximum Gasteiger partial charge on any atom is 0.256 e. The second kappa shape index (κ2) is 4.68. The molecule has 0 fully saturated rings. The number of rotatable bonds is 2. The highest BCUT2D eigenvalue weighted by Crippen LogP contribution is 2.65. The lowest BCUT2D eigenvalue weighted by molar-refractivity contribution is 0.0817. The van der Waals surface area contributed by atoms with Crippen LogP contribution in [-0.4, -0.2) is 22.8 Å². The Hall–Kier alpha value is 0.340. The molecule has 4 unspecified atom stereocenters. The van der Waals surface area contributed by atoms with Crippen molar-refractivity contribution in [1.82, 2.24) is 9.88 Å². The molecule has 7 heteroatoms. The van der Waals surface area contributed by atoms with Gasteiger partial charge in [0, 0.05) is 19.8 Å². The molecule has 0 aromatic carbocycles. The van der Waals surface area contributed by atoms with Crippen molar-refractivity contribution < 1.29 is 4.79 Å². The fraction of sp³-hybridized carbons (Fsp3) is 0.250. The van der Waals surface area contributed by atoms with Gasteiger partial charge in [0.05, 0.1) is 11.0 Å². The Bertz CT molecular complexity index is 412. The van der Waals surface area contributed by atoms with Crippen LogP contribution < -0.4 is 5.44 Å². The molecule has 3 nitrogen and oxygen atoms in total. The van der Waals surface area contributed by atoms with Crippen LogP contribution in [0.3, 0.4) is 0 Å². The van der Waals surface area contributed by atoms with E-state index in [1.807, 2.05) is 19.3 Å². The highest BCUT2D eigenvalue weighted by molar-refractivity contribution is 8.63. The van der Waals surface area contributed by atoms with Crippen LogP contribution in [0.5, 0.6) is 0 Å². The minimum absolute atomic E-state index is 0.117. The van der Waals surface area contributed by atoms with Gasteiger partial charge in [0.2, 0.25) is 0 Å². The maximum absolute atomic E-state index is 11.9. The van der Waals surface area contributed by atoms with E-state index in [0.29, 0.717) is 0 Å². The third-order valence-electron chi connectivity index (χ3n) is 2.35. The van der Waals surface area contributed by atoms with E-state index in [9.17, 15) is 4.79 Å². The van der Waals surface area contributed by atoms with Crippen molar-refractivity contribution in [2.75, 3.05) is 7.05 Å². The molecule has 1 aliphatic rings. The molecule has 1 amide bonds. The van der Waals surface area contributed by atoms with Crippen molar-refractivity contribution in [1.29, 1.82) is 0 Å². The van der Waals surface area contributed by atoms with Crippen LogP contribution in [0, 0.1) is 0 Å². The van der Waals surface area contributed by atoms with Gasteiger partial charge < -0.3 is 4.90 Å². The first-order valence-electron chi connectivity index (χ1n) is 4.39. The van der Waals surface area contributed by atoms with E-state index >= 15 is 0 Å². The van der Waals surface area contributed by atoms with Crippen LogP contribution in [0.1, 0.15) is 15.9 Å². The molecule has 0 bridgehead atoms. The zero-order valence-corrected chi connectivity index (χ0v) is 12.5. The Morgan fingerprint density at radius 2 is 2.40 bits per heavy atom. The summed E-state index contributed by atoms with van der Waals surface area (Å²) in [4.78, 5) is 18.0. The molecule has 0 N–H and O–H groups in total. The number of pyridine rings is 1. The summed E-state index contributed by atoms with van der Waals surface area (Å²) in [5.74, 6) is 0.117. The van der Waals surface area contributed by atoms with Gasteiger partial charge >= 0.3 is 0 Å². The van der Waals surface area contributed by atoms with E-state index in [1.165, 1.54) is 0 Å². The first kappa shape index (κ1) is 11.8. The molecular weight excluding hydrogens is 264 g/mol. The molecule has 0 radical (unpaired) electrons. The predicted octanol–water partition coefficient (Wildman–Crippen LogP) is 1.95. The third kappa shape index (κ3) is 2.09. The standard InChI is InChI=1S/C8H12N2OP4/c1-10-4-5-2-3-9-7(15(13)14-12)6(5)8(10)11/h2-3,14H,4,12-13H2,1H3. The van der Waals surface area contributed by atoms with E-state index in [1.54, 1.807) is 4.90 Å². The van der Waals surface area contributed by atoms with Crippen molar-refractivity contribution in [3.8, 4) is 0 Å². The molecule has 2 rings (SSSR count). The van der Waals surface area contributed by atoms with Gasteiger partial charge in [-0.1, -0.05) is 7.96 Å². The summed E-state index contributed by atoms with van der Waals surface area (Å²) in [6.45, 7) is 0.720. The summed E-state index contributed by atoms with van der Waals surface area (Å²) in [7, 11) is 7.74. The number of carbonyl (C=O) groups excluding carboxylic acids is 1. The van der Waals surface area contributed by atoms with Gasteiger partial charge in [-0.25, -0.2) is 0 Å². The zero-order valence-electron chi connectivity index (χ0n) is 8.27. The Morgan fingerprint density at radius 3 is 3.07 bits per heavy atom. The van der Waals surface area contributed by atoms with Crippen molar-refractivity contribution in [3.05, 3.63) is 23.4 Å². The van der Waals surface area contributed by atoms with Crippen LogP contribution in [-0.2, 0) is 6.54 Å². The summed E-state index contributed by atoms with van der Waals surface area (Å²) in [6.07, 6.45) is 1.81. The molecule has 2 heterocycles. The Kier molecular flexibility index (Phi) is 3.69. The number of amides is 1. The highest BCUT2D eigenvalue weighted by Gasteiger charge is 2.29. The van der Waals surface area contributed by atoms with Crippen LogP contribution in [0.25, 0.3) is 0 Å². The number of carbonyl (C=O) groups is 1. The molecule has 0 aliphatic carbocycles. The van der Waals surface area contributed by atoms with Gasteiger partial charge in [-0.05, 0) is 18.9 Å². The number of nitrogens with zero attached hydrogens (tertiary/aromatic N) is 2. The van der Waals surface area contributed by atoms with Gasteiger partial charge in [0.25, 0.3) is 5.91 Å². The van der Waals surface area contributed by atoms with Gasteiger partial charge in [-0.2, -0.15) is 0 Å². The van der Waals surface area contributed by atoms with E-state index in [-0.39, 0.29) is 13.2 Å². The maximum atomic E-state index is 11.9. The molecular formula is C8H12N2OP4. The van der Waals surface area contributed by atoms with Crippen molar-refractivity contribution in [2.24, 2.45) is 0 Å². The molecule has 0 saturated carbocycles. The van der Waals surface area contributed by atoms with Gasteiger partial charge in [0.15, 0.2) is 0 Å². The van der Waals surface area contributed by atoms with E-state index in [0.717, 1.165) is 31.1 Å². The van der Waals surface area contributed by atoms with Gasteiger partial charge in [-0.15, -0.1) is 17.9 Å². The van der Waals surface area contributed by atoms with Crippen LogP contribution in [0.15, 0.2) is 12.3 Å². The third-order valence-corrected chi connectivity index (χ3v) is 12.2. The van der Waals surface area contributed by atoms with E-state index in [2.05, 4.69) is 22.8 Å². The van der Waals surface area contributed by atoms with Crippen molar-refractivity contribution >= 4 is 44.5 Å². The minimum atomic E-state index is -0.373. The predicted molar refractivity (Wildman–Crippen MR) is 74.3 cm³/mol. The first-order chi connectivity index (χ1) is 7.15. The number of hydrogen-bond acceptors (Lipinski definition) is 2. The summed E-state index contributed by atoms with van der Waals surface area (Å²) >= 11 is 0. The fourth-order valence-corrected chi connectivity index (χ4v) is 4.97. The van der Waals surface area contributed by atoms with E-state index < -0.39 is 0 Å². The van der Waals surface area contributed by atoms with Gasteiger partial charge in [0.1, 0.15) is 0 Å². The first-order valence-corrected chi connectivity index (χ1v) is 11.0. The quantitative estimate of drug-likeness (QED) is 0.773. The number of fused-ring (bicyclic) bond motifs is 1. The molecule has 0 saturated heterocycles.